The zero-order valence-corrected chi connectivity index (χ0v) is 13.2. The topological polar surface area (TPSA) is 29.5 Å². The highest BCUT2D eigenvalue weighted by Crippen LogP contribution is 2.36. The number of nitrogens with zero attached hydrogens (tertiary/aromatic N) is 1. The largest absolute Gasteiger partial charge is 0.491 e. The van der Waals surface area contributed by atoms with E-state index in [2.05, 4.69) is 26.5 Å². The van der Waals surface area contributed by atoms with Gasteiger partial charge in [-0.1, -0.05) is 26.0 Å². The molecular weight excluding hydrogens is 270 g/mol. The Labute approximate surface area is 126 Å². The number of anilines is 1. The maximum absolute atomic E-state index is 12.4. The van der Waals surface area contributed by atoms with E-state index in [0.717, 1.165) is 30.0 Å². The third-order valence-corrected chi connectivity index (χ3v) is 5.03. The first-order chi connectivity index (χ1) is 9.65. The predicted molar refractivity (Wildman–Crippen MR) is 85.8 cm³/mol. The summed E-state index contributed by atoms with van der Waals surface area (Å²) < 4.78 is 5.68. The highest BCUT2D eigenvalue weighted by molar-refractivity contribution is 7.80. The zero-order chi connectivity index (χ0) is 14.6. The van der Waals surface area contributed by atoms with E-state index >= 15 is 0 Å². The molecule has 1 aromatic carbocycles. The minimum atomic E-state index is 0.0657. The number of fused-ring (bicyclic) bond motifs is 1. The van der Waals surface area contributed by atoms with E-state index in [9.17, 15) is 4.79 Å². The first-order valence-electron chi connectivity index (χ1n) is 7.29. The molecule has 2 rings (SSSR count). The number of carbonyl (C=O) groups is 1. The van der Waals surface area contributed by atoms with Crippen molar-refractivity contribution in [1.29, 1.82) is 0 Å². The Bertz CT molecular complexity index is 463. The summed E-state index contributed by atoms with van der Waals surface area (Å²) in [6.45, 7) is 5.51. The maximum Gasteiger partial charge on any atom is 0.230 e. The molecule has 0 bridgehead atoms. The third kappa shape index (κ3) is 2.95. The fourth-order valence-electron chi connectivity index (χ4n) is 2.58. The van der Waals surface area contributed by atoms with Crippen LogP contribution in [0.4, 0.5) is 5.69 Å². The normalized spacial score (nSPS) is 15.6. The Hall–Kier alpha value is -1.16. The quantitative estimate of drug-likeness (QED) is 0.842. The molecule has 110 valence electrons. The molecule has 0 aliphatic carbocycles. The van der Waals surface area contributed by atoms with Gasteiger partial charge in [-0.3, -0.25) is 4.79 Å². The van der Waals surface area contributed by atoms with Crippen LogP contribution in [0.25, 0.3) is 0 Å². The molecule has 0 radical (unpaired) electrons. The molecule has 1 amide bonds. The lowest BCUT2D eigenvalue weighted by Gasteiger charge is -2.36. The van der Waals surface area contributed by atoms with Crippen molar-refractivity contribution in [2.75, 3.05) is 23.8 Å². The molecule has 0 N–H and O–H groups in total. The zero-order valence-electron chi connectivity index (χ0n) is 12.3. The summed E-state index contributed by atoms with van der Waals surface area (Å²) in [6.07, 6.45) is 2.46. The average Bonchev–Trinajstić information content (AvgIpc) is 2.64. The summed E-state index contributed by atoms with van der Waals surface area (Å²) in [7, 11) is 0. The molecule has 1 heterocycles. The number of rotatable bonds is 5. The predicted octanol–water partition coefficient (Wildman–Crippen LogP) is 3.54. The van der Waals surface area contributed by atoms with Crippen LogP contribution < -0.4 is 9.64 Å². The lowest BCUT2D eigenvalue weighted by atomic mass is 9.83. The number of thiol groups is 1. The van der Waals surface area contributed by atoms with Gasteiger partial charge in [0.2, 0.25) is 5.91 Å². The van der Waals surface area contributed by atoms with Gasteiger partial charge in [0.05, 0.1) is 18.7 Å². The van der Waals surface area contributed by atoms with E-state index in [1.807, 2.05) is 29.2 Å². The SMILES string of the molecule is CCC(CC)(CS)CN1C(=O)CCOc2ccccc21. The first-order valence-corrected chi connectivity index (χ1v) is 7.92. The van der Waals surface area contributed by atoms with Gasteiger partial charge >= 0.3 is 0 Å². The van der Waals surface area contributed by atoms with E-state index in [-0.39, 0.29) is 11.3 Å². The second kappa shape index (κ2) is 6.53. The Morgan fingerprint density at radius 2 is 2.00 bits per heavy atom. The van der Waals surface area contributed by atoms with Crippen LogP contribution in [0.5, 0.6) is 5.75 Å². The number of ether oxygens (including phenoxy) is 1. The van der Waals surface area contributed by atoms with Crippen LogP contribution in [-0.2, 0) is 4.79 Å². The highest BCUT2D eigenvalue weighted by Gasteiger charge is 2.32. The van der Waals surface area contributed by atoms with Crippen molar-refractivity contribution < 1.29 is 9.53 Å². The summed E-state index contributed by atoms with van der Waals surface area (Å²) in [5.74, 6) is 1.73. The minimum Gasteiger partial charge on any atom is -0.491 e. The molecule has 20 heavy (non-hydrogen) atoms. The molecule has 0 aromatic heterocycles. The summed E-state index contributed by atoms with van der Waals surface area (Å²) >= 11 is 4.52. The van der Waals surface area contributed by atoms with Crippen LogP contribution in [-0.4, -0.2) is 24.8 Å². The van der Waals surface area contributed by atoms with Crippen molar-refractivity contribution in [1.82, 2.24) is 0 Å². The minimum absolute atomic E-state index is 0.0657. The molecule has 0 spiro atoms. The summed E-state index contributed by atoms with van der Waals surface area (Å²) in [5, 5.41) is 0. The van der Waals surface area contributed by atoms with Crippen molar-refractivity contribution in [3.05, 3.63) is 24.3 Å². The van der Waals surface area contributed by atoms with Crippen LogP contribution in [0.2, 0.25) is 0 Å². The smallest absolute Gasteiger partial charge is 0.230 e. The second-order valence-electron chi connectivity index (χ2n) is 5.41. The number of carbonyl (C=O) groups excluding carboxylic acids is 1. The summed E-state index contributed by atoms with van der Waals surface area (Å²) in [4.78, 5) is 14.3. The van der Waals surface area contributed by atoms with Gasteiger partial charge in [0, 0.05) is 6.54 Å². The molecule has 1 aliphatic heterocycles. The molecule has 0 atom stereocenters. The standard InChI is InChI=1S/C16H23NO2S/c1-3-16(4-2,12-20)11-17-13-7-5-6-8-14(13)19-10-9-15(17)18/h5-8,20H,3-4,9-12H2,1-2H3. The first kappa shape index (κ1) is 15.2. The van der Waals surface area contributed by atoms with Crippen molar-refractivity contribution in [2.24, 2.45) is 5.41 Å². The van der Waals surface area contributed by atoms with Crippen molar-refractivity contribution >= 4 is 24.2 Å². The fourth-order valence-corrected chi connectivity index (χ4v) is 3.12. The van der Waals surface area contributed by atoms with Crippen molar-refractivity contribution in [2.45, 2.75) is 33.1 Å². The Balaban J connectivity index is 2.35. The third-order valence-electron chi connectivity index (χ3n) is 4.36. The Morgan fingerprint density at radius 1 is 1.30 bits per heavy atom. The van der Waals surface area contributed by atoms with Crippen LogP contribution in [0.3, 0.4) is 0 Å². The van der Waals surface area contributed by atoms with Gasteiger partial charge in [-0.2, -0.15) is 12.6 Å². The van der Waals surface area contributed by atoms with Gasteiger partial charge in [0.25, 0.3) is 0 Å². The number of benzene rings is 1. The van der Waals surface area contributed by atoms with Gasteiger partial charge in [-0.15, -0.1) is 0 Å². The maximum atomic E-state index is 12.4. The molecular formula is C16H23NO2S. The van der Waals surface area contributed by atoms with Crippen molar-refractivity contribution in [3.63, 3.8) is 0 Å². The Morgan fingerprint density at radius 3 is 2.65 bits per heavy atom. The molecule has 0 fully saturated rings. The average molecular weight is 293 g/mol. The summed E-state index contributed by atoms with van der Waals surface area (Å²) in [6, 6.07) is 7.79. The van der Waals surface area contributed by atoms with E-state index in [1.165, 1.54) is 0 Å². The summed E-state index contributed by atoms with van der Waals surface area (Å²) in [5.41, 5.74) is 0.957. The van der Waals surface area contributed by atoms with Crippen molar-refractivity contribution in [3.8, 4) is 5.75 Å². The molecule has 1 aromatic rings. The van der Waals surface area contributed by atoms with Gasteiger partial charge in [-0.25, -0.2) is 0 Å². The number of amides is 1. The molecule has 0 saturated carbocycles. The van der Waals surface area contributed by atoms with Gasteiger partial charge in [-0.05, 0) is 36.1 Å². The lowest BCUT2D eigenvalue weighted by molar-refractivity contribution is -0.119. The fraction of sp³-hybridized carbons (Fsp3) is 0.562. The second-order valence-corrected chi connectivity index (χ2v) is 5.73. The lowest BCUT2D eigenvalue weighted by Crippen LogP contribution is -2.42. The van der Waals surface area contributed by atoms with Gasteiger partial charge in [0.15, 0.2) is 0 Å². The van der Waals surface area contributed by atoms with E-state index in [0.29, 0.717) is 19.6 Å². The van der Waals surface area contributed by atoms with Gasteiger partial charge in [0.1, 0.15) is 5.75 Å². The van der Waals surface area contributed by atoms with E-state index < -0.39 is 0 Å². The number of para-hydroxylation sites is 2. The number of hydrogen-bond acceptors (Lipinski definition) is 3. The molecule has 1 aliphatic rings. The molecule has 4 heteroatoms. The molecule has 3 nitrogen and oxygen atoms in total. The van der Waals surface area contributed by atoms with E-state index in [4.69, 9.17) is 4.74 Å². The Kier molecular flexibility index (Phi) is 4.97. The van der Waals surface area contributed by atoms with Gasteiger partial charge < -0.3 is 9.64 Å². The van der Waals surface area contributed by atoms with Crippen LogP contribution in [0, 0.1) is 5.41 Å². The highest BCUT2D eigenvalue weighted by atomic mass is 32.1. The van der Waals surface area contributed by atoms with Crippen LogP contribution in [0.15, 0.2) is 24.3 Å². The van der Waals surface area contributed by atoms with E-state index in [1.54, 1.807) is 0 Å². The molecule has 0 saturated heterocycles. The monoisotopic (exact) mass is 293 g/mol. The number of hydrogen-bond donors (Lipinski definition) is 1. The van der Waals surface area contributed by atoms with Crippen LogP contribution in [0.1, 0.15) is 33.1 Å². The van der Waals surface area contributed by atoms with Crippen LogP contribution >= 0.6 is 12.6 Å². The molecule has 0 unspecified atom stereocenters.